The molecule has 3 heterocycles. The van der Waals surface area contributed by atoms with Crippen LogP contribution in [0.4, 0.5) is 10.3 Å². The highest BCUT2D eigenvalue weighted by atomic mass is 19.1. The van der Waals surface area contributed by atoms with Crippen molar-refractivity contribution in [2.24, 2.45) is 5.92 Å². The molecule has 4 rings (SSSR count). The zero-order valence-corrected chi connectivity index (χ0v) is 14.1. The predicted molar refractivity (Wildman–Crippen MR) is 91.4 cm³/mol. The lowest BCUT2D eigenvalue weighted by Crippen LogP contribution is -2.47. The SMILES string of the molecule is O=C([C@@H]1CCCN(Cc2cccc(F)c2)C1)N1CCCn2ncnc21. The summed E-state index contributed by atoms with van der Waals surface area (Å²) in [7, 11) is 0. The van der Waals surface area contributed by atoms with Gasteiger partial charge in [0, 0.05) is 26.2 Å². The van der Waals surface area contributed by atoms with Gasteiger partial charge in [-0.05, 0) is 43.5 Å². The van der Waals surface area contributed by atoms with Gasteiger partial charge < -0.3 is 0 Å². The Kier molecular flexibility index (Phi) is 4.48. The number of fused-ring (bicyclic) bond motifs is 1. The average Bonchev–Trinajstić information content (AvgIpc) is 3.10. The standard InChI is InChI=1S/C18H22FN5O/c19-16-6-1-4-14(10-16)11-22-7-2-5-15(12-22)17(25)23-8-3-9-24-18(23)20-13-21-24/h1,4,6,10,13,15H,2-3,5,7-9,11-12H2/t15-/m1/s1. The van der Waals surface area contributed by atoms with Gasteiger partial charge in [-0.25, -0.2) is 9.07 Å². The largest absolute Gasteiger partial charge is 0.298 e. The molecule has 0 N–H and O–H groups in total. The topological polar surface area (TPSA) is 54.3 Å². The fraction of sp³-hybridized carbons (Fsp3) is 0.500. The molecular formula is C18H22FN5O. The van der Waals surface area contributed by atoms with Gasteiger partial charge in [0.2, 0.25) is 11.9 Å². The van der Waals surface area contributed by atoms with Gasteiger partial charge in [0.25, 0.3) is 0 Å². The number of aromatic nitrogens is 3. The number of nitrogens with zero attached hydrogens (tertiary/aromatic N) is 5. The molecule has 0 aliphatic carbocycles. The van der Waals surface area contributed by atoms with Crippen LogP contribution < -0.4 is 4.90 Å². The minimum Gasteiger partial charge on any atom is -0.298 e. The fourth-order valence-electron chi connectivity index (χ4n) is 3.83. The maximum Gasteiger partial charge on any atom is 0.233 e. The third-order valence-corrected chi connectivity index (χ3v) is 5.00. The van der Waals surface area contributed by atoms with Gasteiger partial charge in [-0.15, -0.1) is 0 Å². The van der Waals surface area contributed by atoms with Crippen LogP contribution in [-0.2, 0) is 17.9 Å². The molecule has 25 heavy (non-hydrogen) atoms. The van der Waals surface area contributed by atoms with E-state index in [-0.39, 0.29) is 17.6 Å². The highest BCUT2D eigenvalue weighted by Gasteiger charge is 2.33. The molecule has 1 atom stereocenters. The molecule has 0 spiro atoms. The first-order valence-electron chi connectivity index (χ1n) is 8.87. The van der Waals surface area contributed by atoms with Crippen molar-refractivity contribution in [3.63, 3.8) is 0 Å². The third-order valence-electron chi connectivity index (χ3n) is 5.00. The summed E-state index contributed by atoms with van der Waals surface area (Å²) >= 11 is 0. The van der Waals surface area contributed by atoms with Crippen molar-refractivity contribution in [2.45, 2.75) is 32.4 Å². The lowest BCUT2D eigenvalue weighted by Gasteiger charge is -2.35. The molecule has 132 valence electrons. The number of rotatable bonds is 3. The summed E-state index contributed by atoms with van der Waals surface area (Å²) in [6.45, 7) is 3.85. The smallest absolute Gasteiger partial charge is 0.233 e. The Morgan fingerprint density at radius 2 is 2.16 bits per heavy atom. The van der Waals surface area contributed by atoms with Crippen molar-refractivity contribution in [1.29, 1.82) is 0 Å². The number of benzene rings is 1. The highest BCUT2D eigenvalue weighted by Crippen LogP contribution is 2.25. The maximum atomic E-state index is 13.4. The maximum absolute atomic E-state index is 13.4. The lowest BCUT2D eigenvalue weighted by atomic mass is 9.96. The van der Waals surface area contributed by atoms with Crippen LogP contribution in [0, 0.1) is 11.7 Å². The molecule has 7 heteroatoms. The quantitative estimate of drug-likeness (QED) is 0.856. The predicted octanol–water partition coefficient (Wildman–Crippen LogP) is 2.07. The van der Waals surface area contributed by atoms with Gasteiger partial charge in [0.15, 0.2) is 0 Å². The van der Waals surface area contributed by atoms with E-state index in [1.165, 1.54) is 12.4 Å². The van der Waals surface area contributed by atoms with Crippen molar-refractivity contribution in [2.75, 3.05) is 24.5 Å². The van der Waals surface area contributed by atoms with Crippen LogP contribution in [0.2, 0.25) is 0 Å². The summed E-state index contributed by atoms with van der Waals surface area (Å²) in [5.41, 5.74) is 0.950. The Morgan fingerprint density at radius 3 is 3.04 bits per heavy atom. The summed E-state index contributed by atoms with van der Waals surface area (Å²) in [5, 5.41) is 4.18. The minimum absolute atomic E-state index is 0.0365. The Bertz CT molecular complexity index is 761. The normalized spacial score (nSPS) is 21.2. The Balaban J connectivity index is 1.44. The third kappa shape index (κ3) is 3.42. The molecule has 1 aromatic carbocycles. The second-order valence-electron chi connectivity index (χ2n) is 6.83. The van der Waals surface area contributed by atoms with Gasteiger partial charge >= 0.3 is 0 Å². The Labute approximate surface area is 146 Å². The van der Waals surface area contributed by atoms with Crippen LogP contribution in [0.15, 0.2) is 30.6 Å². The first-order valence-corrected chi connectivity index (χ1v) is 8.87. The van der Waals surface area contributed by atoms with E-state index in [4.69, 9.17) is 0 Å². The molecule has 2 aliphatic heterocycles. The number of hydrogen-bond acceptors (Lipinski definition) is 4. The summed E-state index contributed by atoms with van der Waals surface area (Å²) in [6, 6.07) is 6.69. The Hall–Kier alpha value is -2.28. The summed E-state index contributed by atoms with van der Waals surface area (Å²) in [4.78, 5) is 21.3. The summed E-state index contributed by atoms with van der Waals surface area (Å²) in [5.74, 6) is 0.553. The van der Waals surface area contributed by atoms with Gasteiger partial charge in [0.1, 0.15) is 12.1 Å². The first-order chi connectivity index (χ1) is 12.2. The van der Waals surface area contributed by atoms with Crippen molar-refractivity contribution in [1.82, 2.24) is 19.7 Å². The second-order valence-corrected chi connectivity index (χ2v) is 6.83. The zero-order chi connectivity index (χ0) is 17.2. The minimum atomic E-state index is -0.213. The number of likely N-dealkylation sites (tertiary alicyclic amines) is 1. The van der Waals surface area contributed by atoms with Crippen LogP contribution in [0.3, 0.4) is 0 Å². The number of halogens is 1. The van der Waals surface area contributed by atoms with E-state index in [9.17, 15) is 9.18 Å². The number of piperidine rings is 1. The van der Waals surface area contributed by atoms with E-state index >= 15 is 0 Å². The molecule has 1 fully saturated rings. The van der Waals surface area contributed by atoms with Gasteiger partial charge in [-0.1, -0.05) is 12.1 Å². The molecule has 6 nitrogen and oxygen atoms in total. The molecule has 2 aromatic rings. The molecule has 0 saturated carbocycles. The number of anilines is 1. The van der Waals surface area contributed by atoms with E-state index < -0.39 is 0 Å². The van der Waals surface area contributed by atoms with Crippen molar-refractivity contribution in [3.8, 4) is 0 Å². The van der Waals surface area contributed by atoms with Crippen LogP contribution in [0.25, 0.3) is 0 Å². The molecule has 2 aliphatic rings. The summed E-state index contributed by atoms with van der Waals surface area (Å²) < 4.78 is 15.2. The number of carbonyl (C=O) groups is 1. The molecular weight excluding hydrogens is 321 g/mol. The van der Waals surface area contributed by atoms with Crippen LogP contribution in [-0.4, -0.2) is 45.2 Å². The first kappa shape index (κ1) is 16.2. The molecule has 0 radical (unpaired) electrons. The van der Waals surface area contributed by atoms with Crippen LogP contribution in [0.1, 0.15) is 24.8 Å². The zero-order valence-electron chi connectivity index (χ0n) is 14.1. The van der Waals surface area contributed by atoms with Gasteiger partial charge in [-0.3, -0.25) is 14.6 Å². The number of hydrogen-bond donors (Lipinski definition) is 0. The van der Waals surface area contributed by atoms with Crippen molar-refractivity contribution in [3.05, 3.63) is 42.0 Å². The molecule has 0 unspecified atom stereocenters. The molecule has 1 saturated heterocycles. The van der Waals surface area contributed by atoms with Crippen molar-refractivity contribution < 1.29 is 9.18 Å². The summed E-state index contributed by atoms with van der Waals surface area (Å²) in [6.07, 6.45) is 4.29. The molecule has 1 aromatic heterocycles. The van der Waals surface area contributed by atoms with E-state index in [1.807, 2.05) is 6.07 Å². The number of amides is 1. The fourth-order valence-corrected chi connectivity index (χ4v) is 3.83. The van der Waals surface area contributed by atoms with E-state index in [2.05, 4.69) is 15.0 Å². The van der Waals surface area contributed by atoms with E-state index in [0.717, 1.165) is 37.9 Å². The van der Waals surface area contributed by atoms with Gasteiger partial charge in [-0.2, -0.15) is 10.1 Å². The van der Waals surface area contributed by atoms with Crippen LogP contribution in [0.5, 0.6) is 0 Å². The molecule has 0 bridgehead atoms. The molecule has 1 amide bonds. The second kappa shape index (κ2) is 6.92. The van der Waals surface area contributed by atoms with Crippen LogP contribution >= 0.6 is 0 Å². The Morgan fingerprint density at radius 1 is 1.24 bits per heavy atom. The van der Waals surface area contributed by atoms with Gasteiger partial charge in [0.05, 0.1) is 5.92 Å². The van der Waals surface area contributed by atoms with Crippen molar-refractivity contribution >= 4 is 11.9 Å². The average molecular weight is 343 g/mol. The lowest BCUT2D eigenvalue weighted by molar-refractivity contribution is -0.124. The monoisotopic (exact) mass is 343 g/mol. The number of aryl methyl sites for hydroxylation is 1. The van der Waals surface area contributed by atoms with E-state index in [1.54, 1.807) is 21.7 Å². The van der Waals surface area contributed by atoms with E-state index in [0.29, 0.717) is 25.6 Å². The number of carbonyl (C=O) groups excluding carboxylic acids is 1. The highest BCUT2D eigenvalue weighted by molar-refractivity contribution is 5.93.